The SMILES string of the molecule is C[C@@H]1CC[C@H]2C(=O)N(N(Cc3ccc([N+](=O)[O-])cc3)C(=O)c3ccc(Cl)cc3)C(=O)[C@@H]2C1. The van der Waals surface area contributed by atoms with Gasteiger partial charge in [-0.15, -0.1) is 0 Å². The van der Waals surface area contributed by atoms with E-state index >= 15 is 0 Å². The molecule has 3 amide bonds. The molecule has 0 N–H and O–H groups in total. The summed E-state index contributed by atoms with van der Waals surface area (Å²) in [4.78, 5) is 50.3. The second kappa shape index (κ2) is 8.70. The van der Waals surface area contributed by atoms with Crippen LogP contribution in [0.25, 0.3) is 0 Å². The van der Waals surface area contributed by atoms with Crippen LogP contribution in [-0.4, -0.2) is 32.7 Å². The van der Waals surface area contributed by atoms with Gasteiger partial charge in [0, 0.05) is 22.7 Å². The van der Waals surface area contributed by atoms with E-state index in [0.717, 1.165) is 16.4 Å². The highest BCUT2D eigenvalue weighted by Crippen LogP contribution is 2.41. The molecule has 32 heavy (non-hydrogen) atoms. The third kappa shape index (κ3) is 4.10. The fraction of sp³-hybridized carbons (Fsp3) is 0.348. The smallest absolute Gasteiger partial charge is 0.272 e. The molecule has 166 valence electrons. The largest absolute Gasteiger partial charge is 0.273 e. The average Bonchev–Trinajstić information content (AvgIpc) is 3.02. The summed E-state index contributed by atoms with van der Waals surface area (Å²) in [5, 5.41) is 13.6. The lowest BCUT2D eigenvalue weighted by Gasteiger charge is -2.30. The molecule has 1 aliphatic carbocycles. The molecule has 0 aromatic heterocycles. The Labute approximate surface area is 189 Å². The molecule has 0 unspecified atom stereocenters. The molecule has 2 aromatic carbocycles. The maximum absolute atomic E-state index is 13.4. The van der Waals surface area contributed by atoms with Crippen molar-refractivity contribution in [3.05, 3.63) is 74.8 Å². The number of hydrogen-bond acceptors (Lipinski definition) is 5. The van der Waals surface area contributed by atoms with Crippen LogP contribution in [0.3, 0.4) is 0 Å². The summed E-state index contributed by atoms with van der Waals surface area (Å²) >= 11 is 5.94. The summed E-state index contributed by atoms with van der Waals surface area (Å²) in [6.45, 7) is 1.98. The van der Waals surface area contributed by atoms with Crippen molar-refractivity contribution in [2.45, 2.75) is 32.7 Å². The minimum absolute atomic E-state index is 0.0775. The average molecular weight is 456 g/mol. The Balaban J connectivity index is 1.69. The highest BCUT2D eigenvalue weighted by Gasteiger charge is 2.52. The van der Waals surface area contributed by atoms with E-state index in [0.29, 0.717) is 29.3 Å². The van der Waals surface area contributed by atoms with Gasteiger partial charge in [0.2, 0.25) is 0 Å². The summed E-state index contributed by atoms with van der Waals surface area (Å²) in [7, 11) is 0. The molecule has 0 radical (unpaired) electrons. The van der Waals surface area contributed by atoms with Crippen molar-refractivity contribution in [3.63, 3.8) is 0 Å². The number of fused-ring (bicyclic) bond motifs is 1. The van der Waals surface area contributed by atoms with Gasteiger partial charge >= 0.3 is 0 Å². The Bertz CT molecular complexity index is 1070. The normalized spacial score (nSPS) is 22.6. The first-order valence-corrected chi connectivity index (χ1v) is 10.8. The van der Waals surface area contributed by atoms with Gasteiger partial charge in [-0.3, -0.25) is 24.5 Å². The van der Waals surface area contributed by atoms with Crippen LogP contribution < -0.4 is 0 Å². The number of nitrogens with zero attached hydrogens (tertiary/aromatic N) is 3. The predicted molar refractivity (Wildman–Crippen MR) is 116 cm³/mol. The van der Waals surface area contributed by atoms with Gasteiger partial charge in [-0.2, -0.15) is 5.01 Å². The quantitative estimate of drug-likeness (QED) is 0.381. The number of carbonyl (C=O) groups is 3. The van der Waals surface area contributed by atoms with Crippen LogP contribution >= 0.6 is 11.6 Å². The molecule has 4 rings (SSSR count). The number of nitro benzene ring substituents is 1. The van der Waals surface area contributed by atoms with E-state index in [2.05, 4.69) is 6.92 Å². The lowest BCUT2D eigenvalue weighted by molar-refractivity contribution is -0.384. The Hall–Kier alpha value is -3.26. The zero-order chi connectivity index (χ0) is 23.0. The van der Waals surface area contributed by atoms with Crippen LogP contribution in [0, 0.1) is 27.9 Å². The minimum atomic E-state index is -0.520. The van der Waals surface area contributed by atoms with Gasteiger partial charge in [-0.25, -0.2) is 5.01 Å². The zero-order valence-electron chi connectivity index (χ0n) is 17.4. The van der Waals surface area contributed by atoms with Gasteiger partial charge in [0.25, 0.3) is 23.4 Å². The summed E-state index contributed by atoms with van der Waals surface area (Å²) < 4.78 is 0. The van der Waals surface area contributed by atoms with Crippen LogP contribution in [0.2, 0.25) is 5.02 Å². The molecule has 8 nitrogen and oxygen atoms in total. The van der Waals surface area contributed by atoms with Gasteiger partial charge in [0.05, 0.1) is 23.3 Å². The van der Waals surface area contributed by atoms with E-state index in [-0.39, 0.29) is 29.6 Å². The molecule has 3 atom stereocenters. The number of carbonyl (C=O) groups excluding carboxylic acids is 3. The van der Waals surface area contributed by atoms with E-state index in [4.69, 9.17) is 11.6 Å². The molecule has 1 saturated heterocycles. The summed E-state index contributed by atoms with van der Waals surface area (Å²) in [5.74, 6) is -1.76. The number of benzene rings is 2. The fourth-order valence-corrected chi connectivity index (χ4v) is 4.61. The van der Waals surface area contributed by atoms with E-state index in [9.17, 15) is 24.5 Å². The number of halogens is 1. The first kappa shape index (κ1) is 22.0. The van der Waals surface area contributed by atoms with Crippen LogP contribution in [0.4, 0.5) is 5.69 Å². The number of amides is 3. The third-order valence-corrected chi connectivity index (χ3v) is 6.46. The molecule has 9 heteroatoms. The van der Waals surface area contributed by atoms with Crippen molar-refractivity contribution in [1.29, 1.82) is 0 Å². The standard InChI is InChI=1S/C23H22ClN3O5/c1-14-2-11-19-20(12-14)23(30)26(22(19)29)25(21(28)16-5-7-17(24)8-6-16)13-15-3-9-18(10-4-15)27(31)32/h3-10,14,19-20H,2,11-13H2,1H3/t14-,19-,20-/m1/s1. The van der Waals surface area contributed by atoms with Crippen molar-refractivity contribution < 1.29 is 19.3 Å². The lowest BCUT2D eigenvalue weighted by Crippen LogP contribution is -2.49. The molecule has 2 fully saturated rings. The minimum Gasteiger partial charge on any atom is -0.272 e. The first-order valence-electron chi connectivity index (χ1n) is 10.4. The van der Waals surface area contributed by atoms with Crippen LogP contribution in [0.15, 0.2) is 48.5 Å². The van der Waals surface area contributed by atoms with Crippen molar-refractivity contribution in [2.75, 3.05) is 0 Å². The van der Waals surface area contributed by atoms with Crippen molar-refractivity contribution in [1.82, 2.24) is 10.0 Å². The van der Waals surface area contributed by atoms with Crippen LogP contribution in [0.5, 0.6) is 0 Å². The monoisotopic (exact) mass is 455 g/mol. The van der Waals surface area contributed by atoms with E-state index < -0.39 is 22.7 Å². The molecular weight excluding hydrogens is 434 g/mol. The maximum atomic E-state index is 13.4. The highest BCUT2D eigenvalue weighted by atomic mass is 35.5. The molecule has 0 bridgehead atoms. The highest BCUT2D eigenvalue weighted by molar-refractivity contribution is 6.30. The topological polar surface area (TPSA) is 101 Å². The number of rotatable bonds is 5. The molecule has 2 aromatic rings. The summed E-state index contributed by atoms with van der Waals surface area (Å²) in [6.07, 6.45) is 2.10. The number of non-ortho nitro benzene ring substituents is 1. The van der Waals surface area contributed by atoms with Gasteiger partial charge in [-0.1, -0.05) is 30.7 Å². The number of imide groups is 1. The fourth-order valence-electron chi connectivity index (χ4n) is 4.48. The lowest BCUT2D eigenvalue weighted by atomic mass is 9.76. The van der Waals surface area contributed by atoms with Gasteiger partial charge < -0.3 is 0 Å². The van der Waals surface area contributed by atoms with Gasteiger partial charge in [0.1, 0.15) is 0 Å². The predicted octanol–water partition coefficient (Wildman–Crippen LogP) is 4.23. The maximum Gasteiger partial charge on any atom is 0.273 e. The van der Waals surface area contributed by atoms with E-state index in [1.54, 1.807) is 12.1 Å². The molecule has 1 aliphatic heterocycles. The Morgan fingerprint density at radius 3 is 2.31 bits per heavy atom. The molecular formula is C23H22ClN3O5. The Morgan fingerprint density at radius 1 is 1.06 bits per heavy atom. The molecule has 1 saturated carbocycles. The van der Waals surface area contributed by atoms with E-state index in [1.165, 1.54) is 36.4 Å². The van der Waals surface area contributed by atoms with Gasteiger partial charge in [-0.05, 0) is 55.0 Å². The van der Waals surface area contributed by atoms with Gasteiger partial charge in [0.15, 0.2) is 0 Å². The van der Waals surface area contributed by atoms with Crippen LogP contribution in [-0.2, 0) is 16.1 Å². The molecule has 1 heterocycles. The second-order valence-electron chi connectivity index (χ2n) is 8.41. The Morgan fingerprint density at radius 2 is 1.69 bits per heavy atom. The second-order valence-corrected chi connectivity index (χ2v) is 8.85. The number of nitro groups is 1. The Kier molecular flexibility index (Phi) is 5.97. The third-order valence-electron chi connectivity index (χ3n) is 6.21. The van der Waals surface area contributed by atoms with Crippen molar-refractivity contribution in [2.24, 2.45) is 17.8 Å². The summed E-state index contributed by atoms with van der Waals surface area (Å²) in [5.41, 5.74) is 0.750. The van der Waals surface area contributed by atoms with Crippen molar-refractivity contribution in [3.8, 4) is 0 Å². The van der Waals surface area contributed by atoms with Crippen molar-refractivity contribution >= 4 is 35.0 Å². The summed E-state index contributed by atoms with van der Waals surface area (Å²) in [6, 6.07) is 11.9. The zero-order valence-corrected chi connectivity index (χ0v) is 18.2. The molecule has 2 aliphatic rings. The molecule has 0 spiro atoms. The number of hydrogen-bond donors (Lipinski definition) is 0. The number of hydrazine groups is 1. The van der Waals surface area contributed by atoms with E-state index in [1.807, 2.05) is 0 Å². The first-order chi connectivity index (χ1) is 15.3. The van der Waals surface area contributed by atoms with Crippen LogP contribution in [0.1, 0.15) is 42.1 Å².